The molecule has 2 aromatic rings. The predicted molar refractivity (Wildman–Crippen MR) is 88.7 cm³/mol. The van der Waals surface area contributed by atoms with E-state index in [1.165, 1.54) is 7.11 Å². The van der Waals surface area contributed by atoms with Gasteiger partial charge in [-0.15, -0.1) is 5.10 Å². The standard InChI is InChI=1S/C16H19F3N6O/c1-26-14-12(11(24-25-14)8-5-6-8)22-15-20-7-10(16(17,18)19)13(23-15)21-9-3-2-4-9/h7-9H,2-6H2,1H3,(H,24,25)(H2,20,21,22,23). The number of aromatic nitrogens is 4. The number of nitrogens with zero attached hydrogens (tertiary/aromatic N) is 3. The Bertz CT molecular complexity index is 798. The summed E-state index contributed by atoms with van der Waals surface area (Å²) in [6, 6.07) is 0.0179. The topological polar surface area (TPSA) is 87.8 Å². The lowest BCUT2D eigenvalue weighted by Crippen LogP contribution is -2.29. The zero-order chi connectivity index (χ0) is 18.3. The molecule has 0 aliphatic heterocycles. The van der Waals surface area contributed by atoms with Crippen LogP contribution < -0.4 is 15.4 Å². The fraction of sp³-hybridized carbons (Fsp3) is 0.562. The van der Waals surface area contributed by atoms with E-state index in [2.05, 4.69) is 30.8 Å². The highest BCUT2D eigenvalue weighted by molar-refractivity contribution is 5.65. The molecule has 2 saturated carbocycles. The molecule has 2 aliphatic rings. The molecule has 10 heteroatoms. The quantitative estimate of drug-likeness (QED) is 0.719. The molecule has 0 spiro atoms. The third-order valence-corrected chi connectivity index (χ3v) is 4.72. The predicted octanol–water partition coefficient (Wildman–Crippen LogP) is 3.81. The van der Waals surface area contributed by atoms with Crippen LogP contribution in [0.1, 0.15) is 49.3 Å². The van der Waals surface area contributed by atoms with E-state index in [9.17, 15) is 13.2 Å². The highest BCUT2D eigenvalue weighted by Gasteiger charge is 2.37. The average molecular weight is 368 g/mol. The van der Waals surface area contributed by atoms with Gasteiger partial charge in [0, 0.05) is 18.2 Å². The van der Waals surface area contributed by atoms with Crippen LogP contribution >= 0.6 is 0 Å². The van der Waals surface area contributed by atoms with Crippen molar-refractivity contribution in [3.63, 3.8) is 0 Å². The summed E-state index contributed by atoms with van der Waals surface area (Å²) in [5.74, 6) is 0.552. The van der Waals surface area contributed by atoms with Gasteiger partial charge in [-0.2, -0.15) is 18.2 Å². The number of hydrogen-bond acceptors (Lipinski definition) is 6. The third kappa shape index (κ3) is 3.27. The van der Waals surface area contributed by atoms with Crippen molar-refractivity contribution < 1.29 is 17.9 Å². The second-order valence-electron chi connectivity index (χ2n) is 6.65. The van der Waals surface area contributed by atoms with Crippen LogP contribution in [-0.2, 0) is 6.18 Å². The van der Waals surface area contributed by atoms with Gasteiger partial charge in [-0.1, -0.05) is 0 Å². The van der Waals surface area contributed by atoms with Crippen LogP contribution in [0.15, 0.2) is 6.20 Å². The number of anilines is 3. The molecule has 0 saturated heterocycles. The Morgan fingerprint density at radius 1 is 1.23 bits per heavy atom. The number of hydrogen-bond donors (Lipinski definition) is 3. The van der Waals surface area contributed by atoms with Gasteiger partial charge in [0.25, 0.3) is 5.88 Å². The van der Waals surface area contributed by atoms with Gasteiger partial charge in [0.1, 0.15) is 17.1 Å². The van der Waals surface area contributed by atoms with Gasteiger partial charge in [0.2, 0.25) is 5.95 Å². The van der Waals surface area contributed by atoms with Crippen molar-refractivity contribution in [2.24, 2.45) is 0 Å². The molecule has 0 aromatic carbocycles. The lowest BCUT2D eigenvalue weighted by molar-refractivity contribution is -0.137. The van der Waals surface area contributed by atoms with Gasteiger partial charge in [0.15, 0.2) is 0 Å². The summed E-state index contributed by atoms with van der Waals surface area (Å²) in [4.78, 5) is 7.93. The number of ether oxygens (including phenoxy) is 1. The summed E-state index contributed by atoms with van der Waals surface area (Å²) < 4.78 is 45.0. The summed E-state index contributed by atoms with van der Waals surface area (Å²) in [5.41, 5.74) is 0.569. The lowest BCUT2D eigenvalue weighted by Gasteiger charge is -2.28. The van der Waals surface area contributed by atoms with E-state index in [0.29, 0.717) is 17.5 Å². The third-order valence-electron chi connectivity index (χ3n) is 4.72. The Balaban J connectivity index is 1.64. The van der Waals surface area contributed by atoms with Crippen LogP contribution in [0.2, 0.25) is 0 Å². The van der Waals surface area contributed by atoms with Crippen molar-refractivity contribution in [3.8, 4) is 5.88 Å². The van der Waals surface area contributed by atoms with Crippen molar-refractivity contribution in [1.29, 1.82) is 0 Å². The summed E-state index contributed by atoms with van der Waals surface area (Å²) in [7, 11) is 1.48. The molecule has 0 atom stereocenters. The molecule has 2 heterocycles. The zero-order valence-electron chi connectivity index (χ0n) is 14.2. The SMILES string of the molecule is COc1n[nH]c(C2CC2)c1Nc1ncc(C(F)(F)F)c(NC2CCC2)n1. The molecular weight excluding hydrogens is 349 g/mol. The fourth-order valence-electron chi connectivity index (χ4n) is 2.89. The van der Waals surface area contributed by atoms with E-state index < -0.39 is 11.7 Å². The molecule has 2 aromatic heterocycles. The molecule has 26 heavy (non-hydrogen) atoms. The van der Waals surface area contributed by atoms with Crippen molar-refractivity contribution in [2.75, 3.05) is 17.7 Å². The number of alkyl halides is 3. The summed E-state index contributed by atoms with van der Waals surface area (Å²) >= 11 is 0. The van der Waals surface area contributed by atoms with Crippen LogP contribution in [0.25, 0.3) is 0 Å². The number of halogens is 3. The molecule has 0 bridgehead atoms. The Hall–Kier alpha value is -2.52. The van der Waals surface area contributed by atoms with Gasteiger partial charge in [-0.3, -0.25) is 5.10 Å². The number of methoxy groups -OCH3 is 1. The smallest absolute Gasteiger partial charge is 0.421 e. The first kappa shape index (κ1) is 16.9. The minimum Gasteiger partial charge on any atom is -0.478 e. The van der Waals surface area contributed by atoms with Gasteiger partial charge in [-0.05, 0) is 32.1 Å². The molecule has 0 unspecified atom stereocenters. The first-order valence-corrected chi connectivity index (χ1v) is 8.55. The molecular formula is C16H19F3N6O. The Morgan fingerprint density at radius 2 is 2.00 bits per heavy atom. The second-order valence-corrected chi connectivity index (χ2v) is 6.65. The van der Waals surface area contributed by atoms with E-state index in [1.54, 1.807) is 0 Å². The minimum atomic E-state index is -4.52. The molecule has 0 amide bonds. The van der Waals surface area contributed by atoms with E-state index in [1.807, 2.05) is 0 Å². The number of H-pyrrole nitrogens is 1. The molecule has 7 nitrogen and oxygen atoms in total. The van der Waals surface area contributed by atoms with Crippen molar-refractivity contribution in [1.82, 2.24) is 20.2 Å². The van der Waals surface area contributed by atoms with Crippen LogP contribution in [0.5, 0.6) is 5.88 Å². The Labute approximate surface area is 147 Å². The van der Waals surface area contributed by atoms with Crippen LogP contribution in [0.3, 0.4) is 0 Å². The first-order valence-electron chi connectivity index (χ1n) is 8.55. The normalized spacial score (nSPS) is 17.7. The van der Waals surface area contributed by atoms with Crippen LogP contribution in [0, 0.1) is 0 Å². The summed E-state index contributed by atoms with van der Waals surface area (Å²) in [6.07, 6.45) is 1.03. The summed E-state index contributed by atoms with van der Waals surface area (Å²) in [6.45, 7) is 0. The maximum absolute atomic E-state index is 13.3. The van der Waals surface area contributed by atoms with E-state index in [4.69, 9.17) is 4.74 Å². The monoisotopic (exact) mass is 368 g/mol. The van der Waals surface area contributed by atoms with Crippen molar-refractivity contribution >= 4 is 17.5 Å². The number of aromatic amines is 1. The fourth-order valence-corrected chi connectivity index (χ4v) is 2.89. The molecule has 2 fully saturated rings. The molecule has 0 radical (unpaired) electrons. The van der Waals surface area contributed by atoms with Gasteiger partial charge in [0.05, 0.1) is 12.8 Å². The van der Waals surface area contributed by atoms with E-state index in [-0.39, 0.29) is 17.8 Å². The van der Waals surface area contributed by atoms with Crippen LogP contribution in [0.4, 0.5) is 30.6 Å². The van der Waals surface area contributed by atoms with Crippen molar-refractivity contribution in [3.05, 3.63) is 17.5 Å². The highest BCUT2D eigenvalue weighted by Crippen LogP contribution is 2.45. The maximum atomic E-state index is 13.3. The largest absolute Gasteiger partial charge is 0.478 e. The first-order chi connectivity index (χ1) is 12.5. The molecule has 4 rings (SSSR count). The second kappa shape index (κ2) is 6.33. The zero-order valence-corrected chi connectivity index (χ0v) is 14.2. The minimum absolute atomic E-state index is 0.0179. The van der Waals surface area contributed by atoms with E-state index >= 15 is 0 Å². The molecule has 2 aliphatic carbocycles. The van der Waals surface area contributed by atoms with Crippen molar-refractivity contribution in [2.45, 2.75) is 50.2 Å². The van der Waals surface area contributed by atoms with Gasteiger partial charge in [-0.25, -0.2) is 4.98 Å². The van der Waals surface area contributed by atoms with Gasteiger partial charge >= 0.3 is 6.18 Å². The number of rotatable bonds is 6. The Kier molecular flexibility index (Phi) is 4.12. The lowest BCUT2D eigenvalue weighted by atomic mass is 9.93. The molecule has 140 valence electrons. The maximum Gasteiger partial charge on any atom is 0.421 e. The molecule has 3 N–H and O–H groups in total. The van der Waals surface area contributed by atoms with E-state index in [0.717, 1.165) is 44.0 Å². The summed E-state index contributed by atoms with van der Waals surface area (Å²) in [5, 5.41) is 12.9. The average Bonchev–Trinajstić information content (AvgIpc) is 3.32. The highest BCUT2D eigenvalue weighted by atomic mass is 19.4. The number of nitrogens with one attached hydrogen (secondary N) is 3. The van der Waals surface area contributed by atoms with Crippen LogP contribution in [-0.4, -0.2) is 33.3 Å². The van der Waals surface area contributed by atoms with Gasteiger partial charge < -0.3 is 15.4 Å². The Morgan fingerprint density at radius 3 is 2.58 bits per heavy atom.